The molecule has 8 heteroatoms. The summed E-state index contributed by atoms with van der Waals surface area (Å²) in [7, 11) is 1.56. The van der Waals surface area contributed by atoms with E-state index in [2.05, 4.69) is 5.32 Å². The maximum Gasteiger partial charge on any atom is 0.247 e. The van der Waals surface area contributed by atoms with Crippen LogP contribution in [0.5, 0.6) is 11.5 Å². The van der Waals surface area contributed by atoms with Gasteiger partial charge >= 0.3 is 0 Å². The maximum atomic E-state index is 13.9. The van der Waals surface area contributed by atoms with E-state index in [1.54, 1.807) is 25.3 Å². The van der Waals surface area contributed by atoms with Crippen molar-refractivity contribution in [3.8, 4) is 11.5 Å². The summed E-state index contributed by atoms with van der Waals surface area (Å²) in [6.45, 7) is 2.72. The van der Waals surface area contributed by atoms with Crippen LogP contribution in [0.15, 0.2) is 42.5 Å². The molecule has 0 bridgehead atoms. The van der Waals surface area contributed by atoms with Crippen molar-refractivity contribution in [1.29, 1.82) is 0 Å². The first-order valence-corrected chi connectivity index (χ1v) is 13.6. The van der Waals surface area contributed by atoms with Crippen LogP contribution in [0.2, 0.25) is 5.02 Å². The van der Waals surface area contributed by atoms with Gasteiger partial charge in [-0.05, 0) is 48.6 Å². The van der Waals surface area contributed by atoms with Gasteiger partial charge in [0, 0.05) is 17.6 Å². The maximum absolute atomic E-state index is 13.9. The Kier molecular flexibility index (Phi) is 11.2. The van der Waals surface area contributed by atoms with Crippen molar-refractivity contribution >= 4 is 35.0 Å². The fourth-order valence-corrected chi connectivity index (χ4v) is 4.92. The number of nitrogens with zero attached hydrogens (tertiary/aromatic N) is 1. The number of methoxy groups -OCH3 is 1. The van der Waals surface area contributed by atoms with Crippen LogP contribution in [0.4, 0.5) is 0 Å². The molecule has 1 saturated carbocycles. The standard InChI is InChI=1S/C28H36Cl2N2O4/c1-3-16-36-24-15-14-20(17-25(24)35-2)27(28(34)31-22-11-6-4-5-7-12-22)32(26(33)18-29)19-21-10-8-9-13-23(21)30/h8-10,13-15,17,22,27H,3-7,11-12,16,18-19H2,1-2H3,(H,31,34). The summed E-state index contributed by atoms with van der Waals surface area (Å²) in [6, 6.07) is 11.8. The predicted octanol–water partition coefficient (Wildman–Crippen LogP) is 6.29. The Labute approximate surface area is 224 Å². The first-order chi connectivity index (χ1) is 17.5. The molecule has 2 aromatic rings. The minimum atomic E-state index is -0.912. The second-order valence-corrected chi connectivity index (χ2v) is 9.78. The third-order valence-corrected chi connectivity index (χ3v) is 7.06. The zero-order valence-corrected chi connectivity index (χ0v) is 22.6. The number of hydrogen-bond donors (Lipinski definition) is 1. The van der Waals surface area contributed by atoms with E-state index in [0.29, 0.717) is 28.7 Å². The highest BCUT2D eigenvalue weighted by atomic mass is 35.5. The molecule has 2 amide bonds. The lowest BCUT2D eigenvalue weighted by Gasteiger charge is -2.33. The van der Waals surface area contributed by atoms with E-state index in [-0.39, 0.29) is 30.3 Å². The minimum Gasteiger partial charge on any atom is -0.493 e. The number of hydrogen-bond acceptors (Lipinski definition) is 4. The molecule has 0 aromatic heterocycles. The SMILES string of the molecule is CCCOc1ccc(C(C(=O)NC2CCCCCC2)N(Cc2ccccc2Cl)C(=O)CCl)cc1OC. The lowest BCUT2D eigenvalue weighted by Crippen LogP contribution is -2.46. The highest BCUT2D eigenvalue weighted by Crippen LogP contribution is 2.34. The smallest absolute Gasteiger partial charge is 0.247 e. The number of nitrogens with one attached hydrogen (secondary N) is 1. The van der Waals surface area contributed by atoms with Gasteiger partial charge in [0.1, 0.15) is 11.9 Å². The van der Waals surface area contributed by atoms with Crippen LogP contribution in [0.25, 0.3) is 0 Å². The van der Waals surface area contributed by atoms with E-state index in [1.807, 2.05) is 31.2 Å². The molecule has 1 aliphatic carbocycles. The summed E-state index contributed by atoms with van der Waals surface area (Å²) in [5.41, 5.74) is 1.35. The molecule has 196 valence electrons. The highest BCUT2D eigenvalue weighted by molar-refractivity contribution is 6.31. The number of benzene rings is 2. The Balaban J connectivity index is 2.02. The zero-order valence-electron chi connectivity index (χ0n) is 21.1. The van der Waals surface area contributed by atoms with Crippen molar-refractivity contribution in [1.82, 2.24) is 10.2 Å². The Bertz CT molecular complexity index is 1010. The highest BCUT2D eigenvalue weighted by Gasteiger charge is 2.33. The Hall–Kier alpha value is -2.44. The molecule has 36 heavy (non-hydrogen) atoms. The fraction of sp³-hybridized carbons (Fsp3) is 0.500. The number of rotatable bonds is 11. The molecule has 2 aromatic carbocycles. The predicted molar refractivity (Wildman–Crippen MR) is 144 cm³/mol. The average Bonchev–Trinajstić information content (AvgIpc) is 3.16. The molecule has 3 rings (SSSR count). The monoisotopic (exact) mass is 534 g/mol. The minimum absolute atomic E-state index is 0.0739. The van der Waals surface area contributed by atoms with Gasteiger partial charge in [0.15, 0.2) is 11.5 Å². The van der Waals surface area contributed by atoms with Crippen molar-refractivity contribution in [3.63, 3.8) is 0 Å². The lowest BCUT2D eigenvalue weighted by molar-refractivity contribution is -0.140. The van der Waals surface area contributed by atoms with Crippen LogP contribution < -0.4 is 14.8 Å². The van der Waals surface area contributed by atoms with Gasteiger partial charge in [-0.25, -0.2) is 0 Å². The molecule has 0 aliphatic heterocycles. The number of halogens is 2. The molecule has 0 saturated heterocycles. The molecule has 0 radical (unpaired) electrons. The van der Waals surface area contributed by atoms with Crippen molar-refractivity contribution in [2.45, 2.75) is 70.5 Å². The van der Waals surface area contributed by atoms with E-state index in [9.17, 15) is 9.59 Å². The van der Waals surface area contributed by atoms with Crippen molar-refractivity contribution < 1.29 is 19.1 Å². The average molecular weight is 536 g/mol. The summed E-state index contributed by atoms with van der Waals surface area (Å²) < 4.78 is 11.4. The normalized spacial score (nSPS) is 15.0. The summed E-state index contributed by atoms with van der Waals surface area (Å²) in [4.78, 5) is 28.5. The van der Waals surface area contributed by atoms with Gasteiger partial charge in [-0.3, -0.25) is 9.59 Å². The van der Waals surface area contributed by atoms with Gasteiger partial charge in [0.05, 0.1) is 13.7 Å². The zero-order chi connectivity index (χ0) is 25.9. The Morgan fingerprint density at radius 1 is 1.08 bits per heavy atom. The van der Waals surface area contributed by atoms with Crippen LogP contribution in [0.1, 0.15) is 69.0 Å². The first kappa shape index (κ1) is 28.1. The molecule has 1 N–H and O–H groups in total. The van der Waals surface area contributed by atoms with Crippen molar-refractivity contribution in [2.75, 3.05) is 19.6 Å². The molecule has 1 aliphatic rings. The number of ether oxygens (including phenoxy) is 2. The molecule has 1 atom stereocenters. The molecule has 0 heterocycles. The third kappa shape index (κ3) is 7.53. The van der Waals surface area contributed by atoms with E-state index in [1.165, 1.54) is 17.7 Å². The largest absolute Gasteiger partial charge is 0.493 e. The van der Waals surface area contributed by atoms with Crippen LogP contribution in [0.3, 0.4) is 0 Å². The van der Waals surface area contributed by atoms with Crippen LogP contribution in [-0.4, -0.2) is 42.4 Å². The molecule has 6 nitrogen and oxygen atoms in total. The van der Waals surface area contributed by atoms with Crippen LogP contribution in [-0.2, 0) is 16.1 Å². The number of carbonyl (C=O) groups excluding carboxylic acids is 2. The topological polar surface area (TPSA) is 67.9 Å². The Morgan fingerprint density at radius 3 is 2.44 bits per heavy atom. The van der Waals surface area contributed by atoms with Crippen molar-refractivity contribution in [3.05, 3.63) is 58.6 Å². The third-order valence-electron chi connectivity index (χ3n) is 6.46. The second-order valence-electron chi connectivity index (χ2n) is 9.11. The van der Waals surface area contributed by atoms with E-state index in [0.717, 1.165) is 37.7 Å². The van der Waals surface area contributed by atoms with Gasteiger partial charge < -0.3 is 19.7 Å². The van der Waals surface area contributed by atoms with Gasteiger partial charge in [0.25, 0.3) is 0 Å². The van der Waals surface area contributed by atoms with Crippen LogP contribution >= 0.6 is 23.2 Å². The summed E-state index contributed by atoms with van der Waals surface area (Å²) in [5, 5.41) is 3.74. The lowest BCUT2D eigenvalue weighted by atomic mass is 10.0. The second kappa shape index (κ2) is 14.3. The Morgan fingerprint density at radius 2 is 1.81 bits per heavy atom. The first-order valence-electron chi connectivity index (χ1n) is 12.7. The molecular formula is C28H36Cl2N2O4. The van der Waals surface area contributed by atoms with Gasteiger partial charge in [-0.15, -0.1) is 11.6 Å². The summed E-state index contributed by atoms with van der Waals surface area (Å²) in [5.74, 6) is 0.239. The van der Waals surface area contributed by atoms with Gasteiger partial charge in [-0.2, -0.15) is 0 Å². The van der Waals surface area contributed by atoms with E-state index < -0.39 is 6.04 Å². The molecule has 1 unspecified atom stereocenters. The molecule has 1 fully saturated rings. The summed E-state index contributed by atoms with van der Waals surface area (Å²) in [6.07, 6.45) is 7.23. The molecule has 0 spiro atoms. The number of alkyl halides is 1. The van der Waals surface area contributed by atoms with Gasteiger partial charge in [0.2, 0.25) is 11.8 Å². The fourth-order valence-electron chi connectivity index (χ4n) is 4.57. The summed E-state index contributed by atoms with van der Waals surface area (Å²) >= 11 is 12.5. The van der Waals surface area contributed by atoms with Gasteiger partial charge in [-0.1, -0.05) is 68.5 Å². The van der Waals surface area contributed by atoms with Crippen LogP contribution in [0, 0.1) is 0 Å². The number of amides is 2. The quantitative estimate of drug-likeness (QED) is 0.272. The number of carbonyl (C=O) groups is 2. The van der Waals surface area contributed by atoms with E-state index >= 15 is 0 Å². The van der Waals surface area contributed by atoms with E-state index in [4.69, 9.17) is 32.7 Å². The van der Waals surface area contributed by atoms with Crippen molar-refractivity contribution in [2.24, 2.45) is 0 Å². The molecular weight excluding hydrogens is 499 g/mol.